The number of rotatable bonds is 8. The molecule has 0 spiro atoms. The molecule has 0 radical (unpaired) electrons. The lowest BCUT2D eigenvalue weighted by Gasteiger charge is -2.42. The van der Waals surface area contributed by atoms with Crippen LogP contribution in [0.3, 0.4) is 0 Å². The Balaban J connectivity index is 2.85. The molecule has 0 heterocycles. The number of hydrogen-bond acceptors (Lipinski definition) is 2. The van der Waals surface area contributed by atoms with E-state index in [1.54, 1.807) is 0 Å². The Labute approximate surface area is 132 Å². The molecule has 0 aliphatic rings. The molecule has 114 valence electrons. The fourth-order valence-corrected chi connectivity index (χ4v) is 3.27. The van der Waals surface area contributed by atoms with Crippen molar-refractivity contribution in [1.82, 2.24) is 4.90 Å². The highest BCUT2D eigenvalue weighted by atomic mass is 79.9. The summed E-state index contributed by atoms with van der Waals surface area (Å²) < 4.78 is 1.14. The molecule has 2 atom stereocenters. The zero-order chi connectivity index (χ0) is 15.2. The first-order valence-electron chi connectivity index (χ1n) is 7.63. The third-order valence-electron chi connectivity index (χ3n) is 4.58. The zero-order valence-corrected chi connectivity index (χ0v) is 14.9. The van der Waals surface area contributed by atoms with Crippen LogP contribution in [0.5, 0.6) is 0 Å². The van der Waals surface area contributed by atoms with Crippen molar-refractivity contribution in [3.05, 3.63) is 34.3 Å². The molecule has 0 aromatic heterocycles. The molecule has 0 fully saturated rings. The zero-order valence-electron chi connectivity index (χ0n) is 13.3. The van der Waals surface area contributed by atoms with Crippen LogP contribution in [0.15, 0.2) is 28.7 Å². The first-order valence-corrected chi connectivity index (χ1v) is 8.42. The van der Waals surface area contributed by atoms with E-state index in [4.69, 9.17) is 5.73 Å². The maximum atomic E-state index is 6.15. The van der Waals surface area contributed by atoms with Crippen LogP contribution < -0.4 is 5.73 Å². The van der Waals surface area contributed by atoms with Gasteiger partial charge in [0.1, 0.15) is 0 Å². The third-order valence-corrected chi connectivity index (χ3v) is 5.08. The van der Waals surface area contributed by atoms with Gasteiger partial charge in [-0.05, 0) is 43.5 Å². The molecular weight excluding hydrogens is 312 g/mol. The van der Waals surface area contributed by atoms with Crippen LogP contribution in [-0.4, -0.2) is 24.0 Å². The summed E-state index contributed by atoms with van der Waals surface area (Å²) in [7, 11) is 2.21. The second kappa shape index (κ2) is 8.16. The average molecular weight is 341 g/mol. The van der Waals surface area contributed by atoms with E-state index in [1.165, 1.54) is 18.4 Å². The molecule has 0 saturated carbocycles. The molecule has 1 rings (SSSR count). The predicted octanol–water partition coefficient (Wildman–Crippen LogP) is 4.42. The highest BCUT2D eigenvalue weighted by molar-refractivity contribution is 9.10. The Morgan fingerprint density at radius 1 is 1.35 bits per heavy atom. The summed E-state index contributed by atoms with van der Waals surface area (Å²) >= 11 is 3.54. The van der Waals surface area contributed by atoms with Gasteiger partial charge in [-0.1, -0.05) is 55.3 Å². The van der Waals surface area contributed by atoms with Crippen molar-refractivity contribution in [2.45, 2.75) is 52.1 Å². The number of likely N-dealkylation sites (N-methyl/N-ethyl adjacent to an activating group) is 1. The minimum atomic E-state index is 0.109. The fraction of sp³-hybridized carbons (Fsp3) is 0.647. The molecule has 0 amide bonds. The number of benzene rings is 1. The molecule has 20 heavy (non-hydrogen) atoms. The summed E-state index contributed by atoms with van der Waals surface area (Å²) in [4.78, 5) is 2.45. The standard InChI is InChI=1S/C17H29BrN2/c1-5-14(3)11-17(6-2,13-19)20(4)12-15-8-7-9-16(18)10-15/h7-10,14H,5-6,11-13,19H2,1-4H3. The molecule has 0 saturated heterocycles. The van der Waals surface area contributed by atoms with E-state index in [9.17, 15) is 0 Å². The molecule has 0 aliphatic carbocycles. The van der Waals surface area contributed by atoms with Crippen LogP contribution in [0.25, 0.3) is 0 Å². The quantitative estimate of drug-likeness (QED) is 0.758. The molecule has 0 aliphatic heterocycles. The number of nitrogens with two attached hydrogens (primary N) is 1. The molecule has 2 nitrogen and oxygen atoms in total. The number of nitrogens with zero attached hydrogens (tertiary/aromatic N) is 1. The van der Waals surface area contributed by atoms with Crippen LogP contribution in [0.4, 0.5) is 0 Å². The molecule has 2 N–H and O–H groups in total. The summed E-state index contributed by atoms with van der Waals surface area (Å²) in [6.45, 7) is 8.51. The number of halogens is 1. The van der Waals surface area contributed by atoms with Crippen molar-refractivity contribution in [2.24, 2.45) is 11.7 Å². The predicted molar refractivity (Wildman–Crippen MR) is 91.8 cm³/mol. The Hall–Kier alpha value is -0.380. The lowest BCUT2D eigenvalue weighted by Crippen LogP contribution is -2.52. The lowest BCUT2D eigenvalue weighted by atomic mass is 9.83. The highest BCUT2D eigenvalue weighted by Gasteiger charge is 2.32. The second-order valence-electron chi connectivity index (χ2n) is 5.99. The minimum Gasteiger partial charge on any atom is -0.329 e. The van der Waals surface area contributed by atoms with Crippen LogP contribution in [0.2, 0.25) is 0 Å². The smallest absolute Gasteiger partial charge is 0.0332 e. The third kappa shape index (κ3) is 4.57. The largest absolute Gasteiger partial charge is 0.329 e. The van der Waals surface area contributed by atoms with Crippen molar-refractivity contribution in [2.75, 3.05) is 13.6 Å². The van der Waals surface area contributed by atoms with Crippen molar-refractivity contribution < 1.29 is 0 Å². The average Bonchev–Trinajstić information content (AvgIpc) is 2.44. The highest BCUT2D eigenvalue weighted by Crippen LogP contribution is 2.29. The van der Waals surface area contributed by atoms with Crippen molar-refractivity contribution in [1.29, 1.82) is 0 Å². The first-order chi connectivity index (χ1) is 9.47. The molecular formula is C17H29BrN2. The Kier molecular flexibility index (Phi) is 7.21. The van der Waals surface area contributed by atoms with E-state index in [0.717, 1.165) is 24.0 Å². The normalized spacial score (nSPS) is 16.1. The Bertz CT molecular complexity index is 402. The number of hydrogen-bond donors (Lipinski definition) is 1. The van der Waals surface area contributed by atoms with Gasteiger partial charge in [0.2, 0.25) is 0 Å². The maximum Gasteiger partial charge on any atom is 0.0332 e. The summed E-state index contributed by atoms with van der Waals surface area (Å²) in [6, 6.07) is 8.54. The topological polar surface area (TPSA) is 29.3 Å². The Morgan fingerprint density at radius 3 is 2.55 bits per heavy atom. The summed E-state index contributed by atoms with van der Waals surface area (Å²) in [5.74, 6) is 0.712. The lowest BCUT2D eigenvalue weighted by molar-refractivity contribution is 0.0855. The van der Waals surface area contributed by atoms with Crippen molar-refractivity contribution >= 4 is 15.9 Å². The van der Waals surface area contributed by atoms with E-state index in [0.29, 0.717) is 5.92 Å². The van der Waals surface area contributed by atoms with E-state index in [-0.39, 0.29) is 5.54 Å². The van der Waals surface area contributed by atoms with Crippen LogP contribution >= 0.6 is 15.9 Å². The molecule has 3 heteroatoms. The SMILES string of the molecule is CCC(C)CC(CC)(CN)N(C)Cc1cccc(Br)c1. The van der Waals surface area contributed by atoms with Crippen molar-refractivity contribution in [3.8, 4) is 0 Å². The van der Waals surface area contributed by atoms with Crippen LogP contribution in [0.1, 0.15) is 45.6 Å². The Morgan fingerprint density at radius 2 is 2.05 bits per heavy atom. The molecule has 2 unspecified atom stereocenters. The van der Waals surface area contributed by atoms with Gasteiger partial charge in [-0.2, -0.15) is 0 Å². The van der Waals surface area contributed by atoms with Crippen LogP contribution in [0, 0.1) is 5.92 Å². The van der Waals surface area contributed by atoms with Gasteiger partial charge in [-0.3, -0.25) is 4.90 Å². The monoisotopic (exact) mass is 340 g/mol. The van der Waals surface area contributed by atoms with Gasteiger partial charge in [0, 0.05) is 23.1 Å². The van der Waals surface area contributed by atoms with E-state index in [2.05, 4.69) is 72.9 Å². The van der Waals surface area contributed by atoms with Gasteiger partial charge in [-0.15, -0.1) is 0 Å². The van der Waals surface area contributed by atoms with Gasteiger partial charge >= 0.3 is 0 Å². The summed E-state index contributed by atoms with van der Waals surface area (Å²) in [5.41, 5.74) is 7.59. The molecule has 1 aromatic carbocycles. The molecule has 1 aromatic rings. The second-order valence-corrected chi connectivity index (χ2v) is 6.90. The van der Waals surface area contributed by atoms with E-state index in [1.807, 2.05) is 0 Å². The molecule has 0 bridgehead atoms. The van der Waals surface area contributed by atoms with E-state index >= 15 is 0 Å². The van der Waals surface area contributed by atoms with Gasteiger partial charge in [0.15, 0.2) is 0 Å². The van der Waals surface area contributed by atoms with Gasteiger partial charge < -0.3 is 5.73 Å². The minimum absolute atomic E-state index is 0.109. The van der Waals surface area contributed by atoms with Gasteiger partial charge in [0.05, 0.1) is 0 Å². The first kappa shape index (κ1) is 17.7. The van der Waals surface area contributed by atoms with Crippen LogP contribution in [-0.2, 0) is 6.54 Å². The van der Waals surface area contributed by atoms with Gasteiger partial charge in [0.25, 0.3) is 0 Å². The van der Waals surface area contributed by atoms with E-state index < -0.39 is 0 Å². The fourth-order valence-electron chi connectivity index (χ4n) is 2.82. The van der Waals surface area contributed by atoms with Gasteiger partial charge in [-0.25, -0.2) is 0 Å². The summed E-state index contributed by atoms with van der Waals surface area (Å²) in [6.07, 6.45) is 3.48. The summed E-state index contributed by atoms with van der Waals surface area (Å²) in [5, 5.41) is 0. The maximum absolute atomic E-state index is 6.15. The van der Waals surface area contributed by atoms with Crippen molar-refractivity contribution in [3.63, 3.8) is 0 Å².